The van der Waals surface area contributed by atoms with Gasteiger partial charge in [-0.25, -0.2) is 15.0 Å². The van der Waals surface area contributed by atoms with Crippen molar-refractivity contribution in [1.82, 2.24) is 19.5 Å². The number of aryl methyl sites for hydroxylation is 1. The van der Waals surface area contributed by atoms with Gasteiger partial charge >= 0.3 is 0 Å². The summed E-state index contributed by atoms with van der Waals surface area (Å²) in [5.74, 6) is -0.125. The number of carbonyl (C=O) groups excluding carboxylic acids is 2. The number of halogens is 1. The third-order valence-corrected chi connectivity index (χ3v) is 6.43. The Morgan fingerprint density at radius 2 is 2.12 bits per heavy atom. The molecule has 0 radical (unpaired) electrons. The van der Waals surface area contributed by atoms with Gasteiger partial charge in [0.05, 0.1) is 0 Å². The molecule has 0 spiro atoms. The van der Waals surface area contributed by atoms with Gasteiger partial charge in [0.15, 0.2) is 27.9 Å². The number of rotatable bonds is 4. The van der Waals surface area contributed by atoms with E-state index in [4.69, 9.17) is 11.5 Å². The molecule has 2 heterocycles. The second kappa shape index (κ2) is 6.50. The van der Waals surface area contributed by atoms with Crippen molar-refractivity contribution in [1.29, 1.82) is 0 Å². The molecule has 0 aliphatic heterocycles. The van der Waals surface area contributed by atoms with Gasteiger partial charge < -0.3 is 11.5 Å². The quantitative estimate of drug-likeness (QED) is 0.545. The van der Waals surface area contributed by atoms with Crippen LogP contribution < -0.4 is 11.5 Å². The zero-order valence-electron chi connectivity index (χ0n) is 13.4. The van der Waals surface area contributed by atoms with E-state index in [0.717, 1.165) is 26.0 Å². The molecule has 0 bridgehead atoms. The maximum absolute atomic E-state index is 12.1. The lowest BCUT2D eigenvalue weighted by atomic mass is 10.1. The number of hydrogen-bond donors (Lipinski definition) is 2. The minimum absolute atomic E-state index is 0.0737. The molecule has 10 heteroatoms. The Kier molecular flexibility index (Phi) is 4.31. The Labute approximate surface area is 165 Å². The van der Waals surface area contributed by atoms with Gasteiger partial charge in [-0.05, 0) is 46.7 Å². The largest absolute Gasteiger partial charge is 0.382 e. The van der Waals surface area contributed by atoms with E-state index in [9.17, 15) is 9.59 Å². The molecule has 132 valence electrons. The van der Waals surface area contributed by atoms with Crippen LogP contribution in [-0.2, 0) is 17.8 Å². The zero-order chi connectivity index (χ0) is 18.4. The standard InChI is InChI=1S/C16H13IN6O2S/c17-9-3-7-1-2-10(24)8(7)4-11(9)26-16-22-13-14(19)20-6-21-15(13)23(16)5-12(18)25/h3-4,6H,1-2,5H2,(H2,18,25)(H2,19,20,21). The first kappa shape index (κ1) is 17.2. The number of aromatic nitrogens is 4. The molecule has 1 aliphatic carbocycles. The summed E-state index contributed by atoms with van der Waals surface area (Å²) in [6.45, 7) is -0.0737. The summed E-state index contributed by atoms with van der Waals surface area (Å²) in [7, 11) is 0. The van der Waals surface area contributed by atoms with E-state index in [1.54, 1.807) is 4.57 Å². The Hall–Kier alpha value is -2.21. The molecule has 4 N–H and O–H groups in total. The lowest BCUT2D eigenvalue weighted by Gasteiger charge is -2.09. The average molecular weight is 480 g/mol. The van der Waals surface area contributed by atoms with Crippen molar-refractivity contribution in [2.45, 2.75) is 29.4 Å². The first-order chi connectivity index (χ1) is 12.4. The molecular formula is C16H13IN6O2S. The van der Waals surface area contributed by atoms with Gasteiger partial charge in [-0.15, -0.1) is 0 Å². The van der Waals surface area contributed by atoms with Crippen LogP contribution in [0.1, 0.15) is 22.3 Å². The third kappa shape index (κ3) is 2.92. The normalized spacial score (nSPS) is 13.3. The fourth-order valence-electron chi connectivity index (χ4n) is 2.93. The van der Waals surface area contributed by atoms with Gasteiger partial charge in [0.1, 0.15) is 12.9 Å². The number of nitrogens with zero attached hydrogens (tertiary/aromatic N) is 4. The van der Waals surface area contributed by atoms with Crippen molar-refractivity contribution in [3.8, 4) is 0 Å². The van der Waals surface area contributed by atoms with Crippen LogP contribution >= 0.6 is 34.4 Å². The van der Waals surface area contributed by atoms with E-state index in [0.29, 0.717) is 22.7 Å². The molecule has 26 heavy (non-hydrogen) atoms. The molecule has 0 atom stereocenters. The van der Waals surface area contributed by atoms with Crippen molar-refractivity contribution >= 4 is 63.0 Å². The Morgan fingerprint density at radius 3 is 2.88 bits per heavy atom. The van der Waals surface area contributed by atoms with E-state index in [-0.39, 0.29) is 18.1 Å². The second-order valence-electron chi connectivity index (χ2n) is 5.84. The summed E-state index contributed by atoms with van der Waals surface area (Å²) in [6.07, 6.45) is 2.65. The van der Waals surface area contributed by atoms with Crippen LogP contribution in [0.3, 0.4) is 0 Å². The first-order valence-electron chi connectivity index (χ1n) is 7.72. The van der Waals surface area contributed by atoms with Gasteiger partial charge in [-0.1, -0.05) is 11.8 Å². The number of nitrogen functional groups attached to an aromatic ring is 1. The van der Waals surface area contributed by atoms with Gasteiger partial charge in [-0.3, -0.25) is 14.2 Å². The van der Waals surface area contributed by atoms with Crippen molar-refractivity contribution in [3.63, 3.8) is 0 Å². The number of ketones is 1. The zero-order valence-corrected chi connectivity index (χ0v) is 16.4. The van der Waals surface area contributed by atoms with E-state index in [1.165, 1.54) is 18.1 Å². The number of nitrogens with two attached hydrogens (primary N) is 2. The van der Waals surface area contributed by atoms with Gasteiger partial charge in [0.25, 0.3) is 0 Å². The molecule has 0 saturated heterocycles. The maximum atomic E-state index is 12.1. The Morgan fingerprint density at radius 1 is 1.31 bits per heavy atom. The minimum atomic E-state index is -0.512. The lowest BCUT2D eigenvalue weighted by Crippen LogP contribution is -2.19. The van der Waals surface area contributed by atoms with Crippen molar-refractivity contribution in [2.24, 2.45) is 5.73 Å². The monoisotopic (exact) mass is 480 g/mol. The minimum Gasteiger partial charge on any atom is -0.382 e. The third-order valence-electron chi connectivity index (χ3n) is 4.12. The molecular weight excluding hydrogens is 467 g/mol. The number of carbonyl (C=O) groups is 2. The molecule has 4 rings (SSSR count). The number of Topliss-reactive ketones (excluding diaryl/α,β-unsaturated/α-hetero) is 1. The predicted octanol–water partition coefficient (Wildman–Crippen LogP) is 1.78. The molecule has 8 nitrogen and oxygen atoms in total. The molecule has 0 saturated carbocycles. The highest BCUT2D eigenvalue weighted by molar-refractivity contribution is 14.1. The molecule has 0 fully saturated rings. The summed E-state index contributed by atoms with van der Waals surface area (Å²) in [4.78, 5) is 37.1. The Bertz CT molecular complexity index is 1080. The molecule has 3 aromatic rings. The van der Waals surface area contributed by atoms with Crippen LogP contribution in [0.2, 0.25) is 0 Å². The van der Waals surface area contributed by atoms with Crippen LogP contribution in [0.25, 0.3) is 11.2 Å². The van der Waals surface area contributed by atoms with E-state index in [1.807, 2.05) is 12.1 Å². The number of hydrogen-bond acceptors (Lipinski definition) is 7. The van der Waals surface area contributed by atoms with Crippen LogP contribution in [0.5, 0.6) is 0 Å². The summed E-state index contributed by atoms with van der Waals surface area (Å²) < 4.78 is 2.63. The smallest absolute Gasteiger partial charge is 0.237 e. The predicted molar refractivity (Wildman–Crippen MR) is 105 cm³/mol. The summed E-state index contributed by atoms with van der Waals surface area (Å²) in [5.41, 5.74) is 14.0. The second-order valence-corrected chi connectivity index (χ2v) is 8.01. The molecule has 1 amide bonds. The fraction of sp³-hybridized carbons (Fsp3) is 0.188. The van der Waals surface area contributed by atoms with Gasteiger partial charge in [0.2, 0.25) is 5.91 Å². The van der Waals surface area contributed by atoms with Gasteiger partial charge in [-0.2, -0.15) is 0 Å². The number of fused-ring (bicyclic) bond motifs is 2. The van der Waals surface area contributed by atoms with Crippen LogP contribution in [-0.4, -0.2) is 31.2 Å². The first-order valence-corrected chi connectivity index (χ1v) is 9.62. The molecule has 1 aliphatic rings. The van der Waals surface area contributed by atoms with Crippen molar-refractivity contribution in [2.75, 3.05) is 5.73 Å². The molecule has 0 unspecified atom stereocenters. The van der Waals surface area contributed by atoms with E-state index >= 15 is 0 Å². The molecule has 1 aromatic carbocycles. The van der Waals surface area contributed by atoms with Crippen molar-refractivity contribution < 1.29 is 9.59 Å². The van der Waals surface area contributed by atoms with Crippen molar-refractivity contribution in [3.05, 3.63) is 33.2 Å². The fourth-order valence-corrected chi connectivity index (χ4v) is 4.72. The highest BCUT2D eigenvalue weighted by atomic mass is 127. The summed E-state index contributed by atoms with van der Waals surface area (Å²) in [5, 5.41) is 0.523. The number of imidazole rings is 1. The number of benzene rings is 1. The lowest BCUT2D eigenvalue weighted by molar-refractivity contribution is -0.118. The summed E-state index contributed by atoms with van der Waals surface area (Å²) in [6, 6.07) is 3.92. The molecule has 2 aromatic heterocycles. The topological polar surface area (TPSA) is 130 Å². The average Bonchev–Trinajstić information content (AvgIpc) is 3.11. The number of primary amides is 1. The van der Waals surface area contributed by atoms with Gasteiger partial charge in [0, 0.05) is 20.4 Å². The van der Waals surface area contributed by atoms with Crippen LogP contribution in [0.4, 0.5) is 5.82 Å². The maximum Gasteiger partial charge on any atom is 0.237 e. The number of amides is 1. The highest BCUT2D eigenvalue weighted by Crippen LogP contribution is 2.36. The van der Waals surface area contributed by atoms with Crippen LogP contribution in [0, 0.1) is 3.57 Å². The number of anilines is 1. The SMILES string of the molecule is NC(=O)Cn1c(Sc2cc3c(cc2I)CCC3=O)nc2c(N)ncnc21. The van der Waals surface area contributed by atoms with Crippen LogP contribution in [0.15, 0.2) is 28.5 Å². The van der Waals surface area contributed by atoms with E-state index in [2.05, 4.69) is 37.5 Å². The van der Waals surface area contributed by atoms with E-state index < -0.39 is 5.91 Å². The highest BCUT2D eigenvalue weighted by Gasteiger charge is 2.23. The Balaban J connectivity index is 1.83. The summed E-state index contributed by atoms with van der Waals surface area (Å²) >= 11 is 3.58.